The Morgan fingerprint density at radius 1 is 1.08 bits per heavy atom. The molecule has 6 nitrogen and oxygen atoms in total. The maximum atomic E-state index is 12.7. The van der Waals surface area contributed by atoms with Gasteiger partial charge in [-0.05, 0) is 29.8 Å². The molecule has 1 amide bonds. The van der Waals surface area contributed by atoms with Crippen molar-refractivity contribution in [2.75, 3.05) is 18.1 Å². The molecule has 2 aromatic carbocycles. The second kappa shape index (κ2) is 6.53. The summed E-state index contributed by atoms with van der Waals surface area (Å²) in [7, 11) is 0. The molecule has 0 aliphatic carbocycles. The van der Waals surface area contributed by atoms with Gasteiger partial charge in [0.1, 0.15) is 13.2 Å². The number of ether oxygens (including phenoxy) is 2. The number of carbonyl (C=O) groups excluding carboxylic acids is 1. The Balaban J connectivity index is 1.78. The standard InChI is InChI=1S/C19H16ClNO5/c20-12-3-1-11(2-4-12)18-14(19(23)24)10-17(22)21(18)13-5-6-15-16(9-13)26-8-7-25-15/h1-6,9,14,18H,7-8,10H2,(H,23,24)/t14-,18+/m1/s1. The zero-order chi connectivity index (χ0) is 18.3. The van der Waals surface area contributed by atoms with Crippen molar-refractivity contribution in [2.45, 2.75) is 12.5 Å². The average molecular weight is 374 g/mol. The molecule has 2 aromatic rings. The molecule has 26 heavy (non-hydrogen) atoms. The predicted molar refractivity (Wildman–Crippen MR) is 94.9 cm³/mol. The van der Waals surface area contributed by atoms with Crippen LogP contribution in [-0.2, 0) is 9.59 Å². The van der Waals surface area contributed by atoms with E-state index in [4.69, 9.17) is 21.1 Å². The van der Waals surface area contributed by atoms with Crippen molar-refractivity contribution in [3.63, 3.8) is 0 Å². The van der Waals surface area contributed by atoms with E-state index in [1.54, 1.807) is 42.5 Å². The molecule has 4 rings (SSSR count). The fourth-order valence-corrected chi connectivity index (χ4v) is 3.61. The molecule has 2 aliphatic heterocycles. The third-order valence-corrected chi connectivity index (χ3v) is 4.91. The first-order valence-corrected chi connectivity index (χ1v) is 8.62. The molecule has 2 aliphatic rings. The molecular weight excluding hydrogens is 358 g/mol. The second-order valence-electron chi connectivity index (χ2n) is 6.24. The Morgan fingerprint density at radius 3 is 2.46 bits per heavy atom. The summed E-state index contributed by atoms with van der Waals surface area (Å²) < 4.78 is 11.1. The number of benzene rings is 2. The van der Waals surface area contributed by atoms with Gasteiger partial charge in [0.15, 0.2) is 11.5 Å². The van der Waals surface area contributed by atoms with E-state index >= 15 is 0 Å². The van der Waals surface area contributed by atoms with E-state index in [0.29, 0.717) is 35.4 Å². The highest BCUT2D eigenvalue weighted by molar-refractivity contribution is 6.30. The highest BCUT2D eigenvalue weighted by atomic mass is 35.5. The lowest BCUT2D eigenvalue weighted by Crippen LogP contribution is -2.30. The van der Waals surface area contributed by atoms with Gasteiger partial charge in [-0.2, -0.15) is 0 Å². The molecular formula is C19H16ClNO5. The van der Waals surface area contributed by atoms with Gasteiger partial charge in [-0.25, -0.2) is 0 Å². The van der Waals surface area contributed by atoms with E-state index < -0.39 is 17.9 Å². The number of nitrogens with zero attached hydrogens (tertiary/aromatic N) is 1. The number of carbonyl (C=O) groups is 2. The van der Waals surface area contributed by atoms with Crippen molar-refractivity contribution in [2.24, 2.45) is 5.92 Å². The fourth-order valence-electron chi connectivity index (χ4n) is 3.48. The summed E-state index contributed by atoms with van der Waals surface area (Å²) in [5, 5.41) is 10.2. The first kappa shape index (κ1) is 16.7. The zero-order valence-electron chi connectivity index (χ0n) is 13.7. The van der Waals surface area contributed by atoms with Crippen LogP contribution >= 0.6 is 11.6 Å². The molecule has 0 aromatic heterocycles. The van der Waals surface area contributed by atoms with Crippen LogP contribution in [0.3, 0.4) is 0 Å². The minimum atomic E-state index is -1.00. The van der Waals surface area contributed by atoms with Crippen molar-refractivity contribution in [3.05, 3.63) is 53.1 Å². The average Bonchev–Trinajstić information content (AvgIpc) is 2.99. The van der Waals surface area contributed by atoms with Gasteiger partial charge in [0.25, 0.3) is 0 Å². The van der Waals surface area contributed by atoms with Crippen molar-refractivity contribution < 1.29 is 24.2 Å². The van der Waals surface area contributed by atoms with Gasteiger partial charge in [0, 0.05) is 23.2 Å². The molecule has 2 heterocycles. The van der Waals surface area contributed by atoms with Crippen LogP contribution in [0.2, 0.25) is 5.02 Å². The van der Waals surface area contributed by atoms with Gasteiger partial charge in [0.2, 0.25) is 5.91 Å². The van der Waals surface area contributed by atoms with E-state index in [0.717, 1.165) is 5.56 Å². The van der Waals surface area contributed by atoms with Crippen LogP contribution in [0.5, 0.6) is 11.5 Å². The van der Waals surface area contributed by atoms with Gasteiger partial charge in [-0.3, -0.25) is 9.59 Å². The quantitative estimate of drug-likeness (QED) is 0.893. The number of amides is 1. The third kappa shape index (κ3) is 2.86. The number of anilines is 1. The summed E-state index contributed by atoms with van der Waals surface area (Å²) in [6.45, 7) is 0.909. The summed E-state index contributed by atoms with van der Waals surface area (Å²) in [6, 6.07) is 11.5. The maximum Gasteiger partial charge on any atom is 0.309 e. The van der Waals surface area contributed by atoms with Crippen molar-refractivity contribution in [1.29, 1.82) is 0 Å². The number of rotatable bonds is 3. The van der Waals surface area contributed by atoms with Crippen LogP contribution in [0.15, 0.2) is 42.5 Å². The lowest BCUT2D eigenvalue weighted by atomic mass is 9.93. The number of aliphatic carboxylic acids is 1. The number of hydrogen-bond donors (Lipinski definition) is 1. The number of halogens is 1. The fraction of sp³-hybridized carbons (Fsp3) is 0.263. The zero-order valence-corrected chi connectivity index (χ0v) is 14.5. The van der Waals surface area contributed by atoms with Crippen LogP contribution in [0.25, 0.3) is 0 Å². The molecule has 0 radical (unpaired) electrons. The summed E-state index contributed by atoms with van der Waals surface area (Å²) >= 11 is 5.95. The predicted octanol–water partition coefficient (Wildman–Crippen LogP) is 3.29. The molecule has 0 spiro atoms. The SMILES string of the molecule is O=C(O)[C@@H]1CC(=O)N(c2ccc3c(c2)OCCO3)[C@H]1c1ccc(Cl)cc1. The number of carboxylic acids is 1. The van der Waals surface area contributed by atoms with E-state index in [1.807, 2.05) is 0 Å². The monoisotopic (exact) mass is 373 g/mol. The van der Waals surface area contributed by atoms with E-state index in [1.165, 1.54) is 4.90 Å². The smallest absolute Gasteiger partial charge is 0.309 e. The Morgan fingerprint density at radius 2 is 1.77 bits per heavy atom. The van der Waals surface area contributed by atoms with Gasteiger partial charge in [-0.15, -0.1) is 0 Å². The van der Waals surface area contributed by atoms with Gasteiger partial charge < -0.3 is 19.5 Å². The normalized spacial score (nSPS) is 21.7. The molecule has 7 heteroatoms. The Kier molecular flexibility index (Phi) is 4.20. The molecule has 2 atom stereocenters. The highest BCUT2D eigenvalue weighted by Crippen LogP contribution is 2.44. The summed E-state index contributed by atoms with van der Waals surface area (Å²) in [4.78, 5) is 26.0. The van der Waals surface area contributed by atoms with Crippen LogP contribution in [0.1, 0.15) is 18.0 Å². The van der Waals surface area contributed by atoms with Crippen LogP contribution in [0.4, 0.5) is 5.69 Å². The summed E-state index contributed by atoms with van der Waals surface area (Å²) in [5.74, 6) is -0.913. The molecule has 0 unspecified atom stereocenters. The van der Waals surface area contributed by atoms with E-state index in [9.17, 15) is 14.7 Å². The lowest BCUT2D eigenvalue weighted by molar-refractivity contribution is -0.142. The van der Waals surface area contributed by atoms with Crippen molar-refractivity contribution >= 4 is 29.2 Å². The molecule has 1 fully saturated rings. The Labute approximate surface area is 154 Å². The van der Waals surface area contributed by atoms with Gasteiger partial charge in [-0.1, -0.05) is 23.7 Å². The highest BCUT2D eigenvalue weighted by Gasteiger charge is 2.45. The van der Waals surface area contributed by atoms with Crippen LogP contribution in [0, 0.1) is 5.92 Å². The Hall–Kier alpha value is -2.73. The van der Waals surface area contributed by atoms with Gasteiger partial charge in [0.05, 0.1) is 12.0 Å². The van der Waals surface area contributed by atoms with Crippen LogP contribution < -0.4 is 14.4 Å². The Bertz CT molecular complexity index is 867. The largest absolute Gasteiger partial charge is 0.486 e. The molecule has 1 saturated heterocycles. The molecule has 0 bridgehead atoms. The number of fused-ring (bicyclic) bond motifs is 1. The minimum Gasteiger partial charge on any atom is -0.486 e. The first-order valence-electron chi connectivity index (χ1n) is 8.24. The number of hydrogen-bond acceptors (Lipinski definition) is 4. The van der Waals surface area contributed by atoms with Crippen molar-refractivity contribution in [1.82, 2.24) is 0 Å². The molecule has 134 valence electrons. The first-order chi connectivity index (χ1) is 12.5. The van der Waals surface area contributed by atoms with E-state index in [2.05, 4.69) is 0 Å². The summed E-state index contributed by atoms with van der Waals surface area (Å²) in [6.07, 6.45) is -0.0585. The molecule has 0 saturated carbocycles. The number of carboxylic acid groups (broad SMARTS) is 1. The van der Waals surface area contributed by atoms with Crippen LogP contribution in [-0.4, -0.2) is 30.2 Å². The minimum absolute atomic E-state index is 0.0585. The maximum absolute atomic E-state index is 12.7. The molecule has 1 N–H and O–H groups in total. The second-order valence-corrected chi connectivity index (χ2v) is 6.67. The van der Waals surface area contributed by atoms with E-state index in [-0.39, 0.29) is 12.3 Å². The van der Waals surface area contributed by atoms with Gasteiger partial charge >= 0.3 is 5.97 Å². The summed E-state index contributed by atoms with van der Waals surface area (Å²) in [5.41, 5.74) is 1.31. The third-order valence-electron chi connectivity index (χ3n) is 4.66. The lowest BCUT2D eigenvalue weighted by Gasteiger charge is -2.28. The topological polar surface area (TPSA) is 76.1 Å². The van der Waals surface area contributed by atoms with Crippen molar-refractivity contribution in [3.8, 4) is 11.5 Å².